The molecule has 0 heterocycles. The Morgan fingerprint density at radius 3 is 2.62 bits per heavy atom. The van der Waals surface area contributed by atoms with Crippen molar-refractivity contribution in [2.24, 2.45) is 5.92 Å². The molecule has 13 heavy (non-hydrogen) atoms. The summed E-state index contributed by atoms with van der Waals surface area (Å²) in [4.78, 5) is 10.9. The average molecular weight is 185 g/mol. The van der Waals surface area contributed by atoms with Gasteiger partial charge in [-0.3, -0.25) is 4.79 Å². The van der Waals surface area contributed by atoms with Crippen LogP contribution in [-0.2, 0) is 4.79 Å². The first-order chi connectivity index (χ1) is 6.06. The molecule has 0 aromatic carbocycles. The van der Waals surface area contributed by atoms with Crippen molar-refractivity contribution in [2.75, 3.05) is 6.54 Å². The molecule has 0 aromatic rings. The van der Waals surface area contributed by atoms with Gasteiger partial charge in [0, 0.05) is 6.54 Å². The van der Waals surface area contributed by atoms with Crippen LogP contribution in [0.2, 0.25) is 0 Å². The van der Waals surface area contributed by atoms with E-state index in [9.17, 15) is 9.90 Å². The Kier molecular flexibility index (Phi) is 6.24. The maximum atomic E-state index is 10.9. The van der Waals surface area contributed by atoms with Crippen LogP contribution in [0.1, 0.15) is 27.2 Å². The molecule has 0 spiro atoms. The summed E-state index contributed by atoms with van der Waals surface area (Å²) < 4.78 is 0. The fourth-order valence-electron chi connectivity index (χ4n) is 1.06. The Hall–Kier alpha value is -0.830. The molecule has 1 amide bonds. The van der Waals surface area contributed by atoms with E-state index in [4.69, 9.17) is 0 Å². The van der Waals surface area contributed by atoms with Crippen molar-refractivity contribution < 1.29 is 9.90 Å². The minimum absolute atomic E-state index is 0.148. The lowest BCUT2D eigenvalue weighted by atomic mass is 10.1. The molecule has 3 nitrogen and oxygen atoms in total. The minimum Gasteiger partial charge on any atom is -0.391 e. The van der Waals surface area contributed by atoms with E-state index < -0.39 is 6.10 Å². The standard InChI is InChI=1S/C10H19NO2/c1-4-5-10(13)11-7-9(12)6-8(2)3/h4-5,8-9,12H,6-7H2,1-3H3,(H,11,13)/b5-4+. The summed E-state index contributed by atoms with van der Waals surface area (Å²) in [6.45, 7) is 6.19. The second-order valence-electron chi connectivity index (χ2n) is 3.53. The van der Waals surface area contributed by atoms with Gasteiger partial charge in [-0.25, -0.2) is 0 Å². The van der Waals surface area contributed by atoms with E-state index >= 15 is 0 Å². The largest absolute Gasteiger partial charge is 0.391 e. The number of allylic oxidation sites excluding steroid dienone is 1. The van der Waals surface area contributed by atoms with Crippen LogP contribution in [0.5, 0.6) is 0 Å². The molecule has 0 saturated carbocycles. The number of hydrogen-bond acceptors (Lipinski definition) is 2. The van der Waals surface area contributed by atoms with Gasteiger partial charge < -0.3 is 10.4 Å². The molecule has 1 atom stereocenters. The molecular formula is C10H19NO2. The molecule has 0 aliphatic carbocycles. The Labute approximate surface area is 79.8 Å². The Balaban J connectivity index is 3.57. The number of aliphatic hydroxyl groups excluding tert-OH is 1. The molecule has 0 aromatic heterocycles. The van der Waals surface area contributed by atoms with E-state index in [1.165, 1.54) is 6.08 Å². The summed E-state index contributed by atoms with van der Waals surface area (Å²) in [7, 11) is 0. The third-order valence-corrected chi connectivity index (χ3v) is 1.57. The van der Waals surface area contributed by atoms with E-state index in [0.717, 1.165) is 6.42 Å². The molecule has 76 valence electrons. The zero-order valence-corrected chi connectivity index (χ0v) is 8.58. The number of hydrogen-bond donors (Lipinski definition) is 2. The van der Waals surface area contributed by atoms with E-state index in [1.807, 2.05) is 13.8 Å². The Morgan fingerprint density at radius 2 is 2.15 bits per heavy atom. The maximum Gasteiger partial charge on any atom is 0.243 e. The van der Waals surface area contributed by atoms with E-state index in [-0.39, 0.29) is 5.91 Å². The minimum atomic E-state index is -0.436. The van der Waals surface area contributed by atoms with Crippen molar-refractivity contribution in [2.45, 2.75) is 33.3 Å². The maximum absolute atomic E-state index is 10.9. The van der Waals surface area contributed by atoms with E-state index in [2.05, 4.69) is 5.32 Å². The fourth-order valence-corrected chi connectivity index (χ4v) is 1.06. The summed E-state index contributed by atoms with van der Waals surface area (Å²) in [5, 5.41) is 12.0. The number of carbonyl (C=O) groups is 1. The van der Waals surface area contributed by atoms with Crippen molar-refractivity contribution in [3.63, 3.8) is 0 Å². The van der Waals surface area contributed by atoms with Crippen LogP contribution >= 0.6 is 0 Å². The Morgan fingerprint density at radius 1 is 1.54 bits per heavy atom. The zero-order valence-electron chi connectivity index (χ0n) is 8.58. The van der Waals surface area contributed by atoms with Crippen LogP contribution in [0.4, 0.5) is 0 Å². The van der Waals surface area contributed by atoms with Crippen LogP contribution in [0.25, 0.3) is 0 Å². The second-order valence-corrected chi connectivity index (χ2v) is 3.53. The molecule has 2 N–H and O–H groups in total. The van der Waals surface area contributed by atoms with Crippen LogP contribution in [0.15, 0.2) is 12.2 Å². The van der Waals surface area contributed by atoms with E-state index in [0.29, 0.717) is 12.5 Å². The molecule has 0 rings (SSSR count). The number of aliphatic hydroxyl groups is 1. The lowest BCUT2D eigenvalue weighted by molar-refractivity contribution is -0.117. The number of carbonyl (C=O) groups excluding carboxylic acids is 1. The molecule has 1 unspecified atom stereocenters. The van der Waals surface area contributed by atoms with Crippen LogP contribution in [0.3, 0.4) is 0 Å². The van der Waals surface area contributed by atoms with Crippen LogP contribution in [-0.4, -0.2) is 23.7 Å². The van der Waals surface area contributed by atoms with Gasteiger partial charge in [-0.05, 0) is 25.3 Å². The normalized spacial score (nSPS) is 13.6. The molecular weight excluding hydrogens is 166 g/mol. The third-order valence-electron chi connectivity index (χ3n) is 1.57. The van der Waals surface area contributed by atoms with Crippen LogP contribution in [0, 0.1) is 5.92 Å². The first-order valence-electron chi connectivity index (χ1n) is 4.64. The van der Waals surface area contributed by atoms with Gasteiger partial charge in [0.15, 0.2) is 0 Å². The molecule has 0 fully saturated rings. The highest BCUT2D eigenvalue weighted by molar-refractivity contribution is 5.87. The highest BCUT2D eigenvalue weighted by Gasteiger charge is 2.06. The first-order valence-corrected chi connectivity index (χ1v) is 4.64. The predicted octanol–water partition coefficient (Wildman–Crippen LogP) is 1.09. The van der Waals surface area contributed by atoms with Crippen LogP contribution < -0.4 is 5.32 Å². The summed E-state index contributed by atoms with van der Waals surface area (Å²) >= 11 is 0. The summed E-state index contributed by atoms with van der Waals surface area (Å²) in [5.74, 6) is 0.305. The fraction of sp³-hybridized carbons (Fsp3) is 0.700. The topological polar surface area (TPSA) is 49.3 Å². The molecule has 0 saturated heterocycles. The molecule has 0 aliphatic rings. The van der Waals surface area contributed by atoms with Crippen molar-refractivity contribution in [1.29, 1.82) is 0 Å². The van der Waals surface area contributed by atoms with Gasteiger partial charge in [0.1, 0.15) is 0 Å². The lowest BCUT2D eigenvalue weighted by Crippen LogP contribution is -2.31. The molecule has 0 aliphatic heterocycles. The SMILES string of the molecule is C/C=C/C(=O)NCC(O)CC(C)C. The van der Waals surface area contributed by atoms with Gasteiger partial charge in [-0.2, -0.15) is 0 Å². The summed E-state index contributed by atoms with van der Waals surface area (Å²) in [6, 6.07) is 0. The third kappa shape index (κ3) is 7.53. The summed E-state index contributed by atoms with van der Waals surface area (Å²) in [6.07, 6.45) is 3.40. The highest BCUT2D eigenvalue weighted by atomic mass is 16.3. The number of amides is 1. The van der Waals surface area contributed by atoms with Gasteiger partial charge in [0.2, 0.25) is 5.91 Å². The quantitative estimate of drug-likeness (QED) is 0.630. The average Bonchev–Trinajstić information content (AvgIpc) is 2.00. The first kappa shape index (κ1) is 12.2. The lowest BCUT2D eigenvalue weighted by Gasteiger charge is -2.12. The van der Waals surface area contributed by atoms with Crippen molar-refractivity contribution in [3.05, 3.63) is 12.2 Å². The monoisotopic (exact) mass is 185 g/mol. The van der Waals surface area contributed by atoms with E-state index in [1.54, 1.807) is 13.0 Å². The molecule has 3 heteroatoms. The van der Waals surface area contributed by atoms with Crippen molar-refractivity contribution >= 4 is 5.91 Å². The van der Waals surface area contributed by atoms with Gasteiger partial charge in [0.05, 0.1) is 6.10 Å². The molecule has 0 radical (unpaired) electrons. The summed E-state index contributed by atoms with van der Waals surface area (Å²) in [5.41, 5.74) is 0. The zero-order chi connectivity index (χ0) is 10.3. The van der Waals surface area contributed by atoms with Crippen molar-refractivity contribution in [3.8, 4) is 0 Å². The van der Waals surface area contributed by atoms with Crippen molar-refractivity contribution in [1.82, 2.24) is 5.32 Å². The highest BCUT2D eigenvalue weighted by Crippen LogP contribution is 2.02. The number of rotatable bonds is 5. The Bertz CT molecular complexity index is 176. The predicted molar refractivity (Wildman–Crippen MR) is 53.3 cm³/mol. The molecule has 0 bridgehead atoms. The van der Waals surface area contributed by atoms with Gasteiger partial charge in [0.25, 0.3) is 0 Å². The van der Waals surface area contributed by atoms with Gasteiger partial charge in [-0.1, -0.05) is 19.9 Å². The van der Waals surface area contributed by atoms with Gasteiger partial charge >= 0.3 is 0 Å². The number of nitrogens with one attached hydrogen (secondary N) is 1. The van der Waals surface area contributed by atoms with Gasteiger partial charge in [-0.15, -0.1) is 0 Å². The smallest absolute Gasteiger partial charge is 0.243 e. The second kappa shape index (κ2) is 6.66.